The summed E-state index contributed by atoms with van der Waals surface area (Å²) in [4.78, 5) is 21.8. The van der Waals surface area contributed by atoms with Crippen LogP contribution in [0.2, 0.25) is 0 Å². The van der Waals surface area contributed by atoms with Crippen LogP contribution in [-0.2, 0) is 9.59 Å². The molecule has 1 rings (SSSR count). The second-order valence-electron chi connectivity index (χ2n) is 7.50. The van der Waals surface area contributed by atoms with Gasteiger partial charge in [0.1, 0.15) is 0 Å². The van der Waals surface area contributed by atoms with Gasteiger partial charge >= 0.3 is 103 Å². The number of carbonyl (C=O) groups excluding carboxylic acids is 2. The van der Waals surface area contributed by atoms with Crippen molar-refractivity contribution in [2.75, 3.05) is 0 Å². The molecule has 0 aromatic rings. The molecule has 0 N–H and O–H groups in total. The van der Waals surface area contributed by atoms with E-state index in [0.717, 1.165) is 44.9 Å². The third kappa shape index (κ3) is 15.4. The number of hydrogen-bond donors (Lipinski definition) is 0. The first-order chi connectivity index (χ1) is 12.0. The summed E-state index contributed by atoms with van der Waals surface area (Å²) in [5.41, 5.74) is 0. The predicted molar refractivity (Wildman–Crippen MR) is 95.3 cm³/mol. The molecule has 0 aromatic carbocycles. The van der Waals surface area contributed by atoms with Gasteiger partial charge in [0.25, 0.3) is 0 Å². The summed E-state index contributed by atoms with van der Waals surface area (Å²) in [5, 5.41) is 21.8. The van der Waals surface area contributed by atoms with Gasteiger partial charge < -0.3 is 19.8 Å². The van der Waals surface area contributed by atoms with Gasteiger partial charge in [-0.25, -0.2) is 0 Å². The van der Waals surface area contributed by atoms with E-state index in [1.54, 1.807) is 0 Å². The zero-order valence-corrected chi connectivity index (χ0v) is 24.0. The van der Waals surface area contributed by atoms with Gasteiger partial charge in [0.2, 0.25) is 0 Å². The van der Waals surface area contributed by atoms with Gasteiger partial charge in [-0.1, -0.05) is 70.4 Å². The smallest absolute Gasteiger partial charge is 0.550 e. The fourth-order valence-corrected chi connectivity index (χ4v) is 3.81. The topological polar surface area (TPSA) is 80.3 Å². The van der Waals surface area contributed by atoms with Crippen LogP contribution in [0.3, 0.4) is 0 Å². The van der Waals surface area contributed by atoms with Crippen molar-refractivity contribution in [1.82, 2.24) is 0 Å². The average molecular weight is 429 g/mol. The van der Waals surface area contributed by atoms with Gasteiger partial charge in [-0.05, 0) is 43.9 Å². The van der Waals surface area contributed by atoms with E-state index in [2.05, 4.69) is 19.1 Å². The molecule has 144 valence electrons. The Morgan fingerprint density at radius 2 is 1.44 bits per heavy atom. The largest absolute Gasteiger partial charge is 1.00 e. The van der Waals surface area contributed by atoms with Crippen molar-refractivity contribution in [3.05, 3.63) is 12.2 Å². The summed E-state index contributed by atoms with van der Waals surface area (Å²) in [6.07, 6.45) is 16.7. The van der Waals surface area contributed by atoms with Gasteiger partial charge in [-0.3, -0.25) is 0 Å². The number of unbranched alkanes of at least 4 members (excludes halogenated alkanes) is 7. The first-order valence-electron chi connectivity index (χ1n) is 10.1. The SMILES string of the molecule is CCCCCCC1C=CC(CCCCCCCC(=O)[O-])CC1C(=O)[O-].[K+].[K+]. The molecule has 3 atom stereocenters. The van der Waals surface area contributed by atoms with Gasteiger partial charge in [0.05, 0.1) is 0 Å². The van der Waals surface area contributed by atoms with Crippen LogP contribution in [0.25, 0.3) is 0 Å². The van der Waals surface area contributed by atoms with Crippen LogP contribution in [0.5, 0.6) is 0 Å². The molecule has 0 aliphatic heterocycles. The molecule has 0 heterocycles. The maximum Gasteiger partial charge on any atom is 1.00 e. The van der Waals surface area contributed by atoms with E-state index in [1.807, 2.05) is 0 Å². The van der Waals surface area contributed by atoms with Crippen LogP contribution >= 0.6 is 0 Å². The second kappa shape index (κ2) is 19.9. The van der Waals surface area contributed by atoms with Crippen molar-refractivity contribution in [3.63, 3.8) is 0 Å². The summed E-state index contributed by atoms with van der Waals surface area (Å²) in [7, 11) is 0. The molecular weight excluding hydrogens is 394 g/mol. The summed E-state index contributed by atoms with van der Waals surface area (Å²) in [6, 6.07) is 0. The molecule has 27 heavy (non-hydrogen) atoms. The Kier molecular flexibility index (Phi) is 22.9. The zero-order chi connectivity index (χ0) is 18.5. The van der Waals surface area contributed by atoms with E-state index in [0.29, 0.717) is 18.8 Å². The number of carboxylic acids is 2. The minimum Gasteiger partial charge on any atom is -0.550 e. The Morgan fingerprint density at radius 3 is 2.07 bits per heavy atom. The summed E-state index contributed by atoms with van der Waals surface area (Å²) in [6.45, 7) is 2.18. The van der Waals surface area contributed by atoms with Crippen molar-refractivity contribution in [1.29, 1.82) is 0 Å². The number of allylic oxidation sites excluding steroid dienone is 2. The van der Waals surface area contributed by atoms with Gasteiger partial charge in [-0.2, -0.15) is 0 Å². The second-order valence-corrected chi connectivity index (χ2v) is 7.50. The van der Waals surface area contributed by atoms with Crippen molar-refractivity contribution in [3.8, 4) is 0 Å². The molecule has 0 saturated heterocycles. The summed E-state index contributed by atoms with van der Waals surface area (Å²) < 4.78 is 0. The Morgan fingerprint density at radius 1 is 0.852 bits per heavy atom. The standard InChI is InChI=1S/C21H36O4.2K/c1-2-3-4-9-12-18-15-14-17(16-19(18)21(24)25)11-8-6-5-7-10-13-20(22)23;;/h14-15,17-19H,2-13,16H2,1H3,(H,22,23)(H,24,25);;/q;2*+1/p-2. The first-order valence-corrected chi connectivity index (χ1v) is 10.1. The van der Waals surface area contributed by atoms with Crippen LogP contribution in [0, 0.1) is 17.8 Å². The third-order valence-electron chi connectivity index (χ3n) is 5.35. The number of hydrogen-bond acceptors (Lipinski definition) is 4. The minimum absolute atomic E-state index is 0. The zero-order valence-electron chi connectivity index (χ0n) is 17.7. The maximum atomic E-state index is 11.5. The van der Waals surface area contributed by atoms with Crippen LogP contribution in [-0.4, -0.2) is 11.9 Å². The fraction of sp³-hybridized carbons (Fsp3) is 0.810. The third-order valence-corrected chi connectivity index (χ3v) is 5.35. The molecule has 0 spiro atoms. The van der Waals surface area contributed by atoms with E-state index < -0.39 is 11.9 Å². The van der Waals surface area contributed by atoms with Crippen LogP contribution in [0.4, 0.5) is 0 Å². The van der Waals surface area contributed by atoms with Crippen molar-refractivity contribution in [2.24, 2.45) is 17.8 Å². The monoisotopic (exact) mass is 428 g/mol. The van der Waals surface area contributed by atoms with Crippen LogP contribution < -0.4 is 113 Å². The van der Waals surface area contributed by atoms with Crippen molar-refractivity contribution in [2.45, 2.75) is 90.4 Å². The van der Waals surface area contributed by atoms with E-state index in [4.69, 9.17) is 0 Å². The van der Waals surface area contributed by atoms with Gasteiger partial charge in [0, 0.05) is 17.9 Å². The van der Waals surface area contributed by atoms with E-state index in [9.17, 15) is 19.8 Å². The number of carboxylic acid groups (broad SMARTS) is 2. The molecule has 0 fully saturated rings. The van der Waals surface area contributed by atoms with E-state index >= 15 is 0 Å². The molecule has 0 saturated carbocycles. The first kappa shape index (κ1) is 31.1. The van der Waals surface area contributed by atoms with Crippen LogP contribution in [0.1, 0.15) is 90.4 Å². The van der Waals surface area contributed by atoms with E-state index in [1.165, 1.54) is 19.3 Å². The summed E-state index contributed by atoms with van der Waals surface area (Å²) >= 11 is 0. The molecule has 6 heteroatoms. The fourth-order valence-electron chi connectivity index (χ4n) is 3.81. The van der Waals surface area contributed by atoms with Gasteiger partial charge in [0.15, 0.2) is 0 Å². The number of carbonyl (C=O) groups is 2. The summed E-state index contributed by atoms with van der Waals surface area (Å²) in [5.74, 6) is -1.71. The van der Waals surface area contributed by atoms with Crippen LogP contribution in [0.15, 0.2) is 12.2 Å². The predicted octanol–water partition coefficient (Wildman–Crippen LogP) is -3.00. The quantitative estimate of drug-likeness (QED) is 0.168. The van der Waals surface area contributed by atoms with E-state index in [-0.39, 0.29) is 121 Å². The molecular formula is C21H34K2O4. The molecule has 4 nitrogen and oxygen atoms in total. The Balaban J connectivity index is 0. The molecule has 0 aromatic heterocycles. The Bertz CT molecular complexity index is 426. The number of rotatable bonds is 14. The van der Waals surface area contributed by atoms with Crippen molar-refractivity contribution < 1.29 is 123 Å². The molecule has 1 aliphatic rings. The number of aliphatic carboxylic acids is 2. The normalized spacial score (nSPS) is 21.1. The Hall–Kier alpha value is 1.95. The molecule has 3 unspecified atom stereocenters. The minimum atomic E-state index is -0.968. The molecule has 1 aliphatic carbocycles. The molecule has 0 amide bonds. The van der Waals surface area contributed by atoms with Crippen molar-refractivity contribution >= 4 is 11.9 Å². The van der Waals surface area contributed by atoms with Gasteiger partial charge in [-0.15, -0.1) is 0 Å². The molecule has 0 bridgehead atoms. The maximum absolute atomic E-state index is 11.5. The average Bonchev–Trinajstić information content (AvgIpc) is 2.58. The Labute approximate surface area is 250 Å². The molecule has 0 radical (unpaired) electrons.